The van der Waals surface area contributed by atoms with Crippen LogP contribution in [0.4, 0.5) is 0 Å². The van der Waals surface area contributed by atoms with E-state index < -0.39 is 0 Å². The van der Waals surface area contributed by atoms with Gasteiger partial charge < -0.3 is 10.5 Å². The van der Waals surface area contributed by atoms with Gasteiger partial charge in [0.05, 0.1) is 6.10 Å². The Morgan fingerprint density at radius 1 is 1.24 bits per heavy atom. The minimum atomic E-state index is 0.300. The number of nitrogens with two attached hydrogens (primary N) is 1. The van der Waals surface area contributed by atoms with Gasteiger partial charge in [-0.3, -0.25) is 4.90 Å². The van der Waals surface area contributed by atoms with Crippen molar-refractivity contribution in [2.75, 3.05) is 26.7 Å². The summed E-state index contributed by atoms with van der Waals surface area (Å²) in [7, 11) is 1.82. The number of nitrogens with zero attached hydrogens (tertiary/aromatic N) is 1. The molecule has 1 fully saturated rings. The summed E-state index contributed by atoms with van der Waals surface area (Å²) in [5.74, 6) is 0.630. The van der Waals surface area contributed by atoms with Gasteiger partial charge in [-0.1, -0.05) is 19.1 Å². The molecule has 1 heterocycles. The molecule has 3 heteroatoms. The molecule has 0 amide bonds. The highest BCUT2D eigenvalue weighted by atomic mass is 16.5. The molecule has 3 nitrogen and oxygen atoms in total. The maximum absolute atomic E-state index is 6.13. The zero-order valence-electron chi connectivity index (χ0n) is 14.1. The second-order valence-corrected chi connectivity index (χ2v) is 6.58. The van der Waals surface area contributed by atoms with Gasteiger partial charge in [0.2, 0.25) is 0 Å². The molecular formula is C18H30N2O. The maximum Gasteiger partial charge on any atom is 0.0724 e. The summed E-state index contributed by atoms with van der Waals surface area (Å²) >= 11 is 0. The lowest BCUT2D eigenvalue weighted by Gasteiger charge is -2.41. The van der Waals surface area contributed by atoms with Crippen LogP contribution < -0.4 is 5.73 Å². The number of likely N-dealkylation sites (tertiary alicyclic amines) is 1. The van der Waals surface area contributed by atoms with Gasteiger partial charge in [0.15, 0.2) is 0 Å². The third kappa shape index (κ3) is 3.47. The number of piperidine rings is 1. The van der Waals surface area contributed by atoms with E-state index in [1.807, 2.05) is 7.11 Å². The lowest BCUT2D eigenvalue weighted by molar-refractivity contribution is -0.0184. The highest BCUT2D eigenvalue weighted by Crippen LogP contribution is 2.30. The monoisotopic (exact) mass is 290 g/mol. The molecule has 1 aliphatic rings. The van der Waals surface area contributed by atoms with Gasteiger partial charge in [-0.15, -0.1) is 0 Å². The van der Waals surface area contributed by atoms with Crippen molar-refractivity contribution < 1.29 is 4.74 Å². The third-order valence-corrected chi connectivity index (χ3v) is 5.13. The zero-order valence-corrected chi connectivity index (χ0v) is 14.1. The minimum Gasteiger partial charge on any atom is -0.380 e. The molecule has 0 spiro atoms. The Kier molecular flexibility index (Phi) is 5.42. The van der Waals surface area contributed by atoms with Gasteiger partial charge in [0.25, 0.3) is 0 Å². The first-order valence-corrected chi connectivity index (χ1v) is 8.02. The van der Waals surface area contributed by atoms with Crippen molar-refractivity contribution in [1.82, 2.24) is 4.90 Å². The summed E-state index contributed by atoms with van der Waals surface area (Å²) in [4.78, 5) is 2.51. The number of rotatable bonds is 4. The second-order valence-electron chi connectivity index (χ2n) is 6.58. The third-order valence-electron chi connectivity index (χ3n) is 5.13. The van der Waals surface area contributed by atoms with E-state index in [1.165, 1.54) is 28.7 Å². The highest BCUT2D eigenvalue weighted by molar-refractivity contribution is 5.38. The molecule has 118 valence electrons. The molecule has 3 atom stereocenters. The van der Waals surface area contributed by atoms with Gasteiger partial charge in [0, 0.05) is 26.2 Å². The van der Waals surface area contributed by atoms with Crippen LogP contribution in [0.2, 0.25) is 0 Å². The van der Waals surface area contributed by atoms with E-state index in [4.69, 9.17) is 10.5 Å². The first kappa shape index (κ1) is 16.5. The Balaban J connectivity index is 2.26. The minimum absolute atomic E-state index is 0.300. The van der Waals surface area contributed by atoms with Crippen LogP contribution in [0.25, 0.3) is 0 Å². The largest absolute Gasteiger partial charge is 0.380 e. The van der Waals surface area contributed by atoms with Gasteiger partial charge >= 0.3 is 0 Å². The molecule has 1 aliphatic heterocycles. The van der Waals surface area contributed by atoms with Crippen LogP contribution >= 0.6 is 0 Å². The molecule has 0 aromatic heterocycles. The Morgan fingerprint density at radius 2 is 1.90 bits per heavy atom. The predicted molar refractivity (Wildman–Crippen MR) is 88.6 cm³/mol. The van der Waals surface area contributed by atoms with Crippen molar-refractivity contribution in [2.24, 2.45) is 11.7 Å². The van der Waals surface area contributed by atoms with Gasteiger partial charge in [-0.25, -0.2) is 0 Å². The van der Waals surface area contributed by atoms with Crippen LogP contribution in [0.1, 0.15) is 41.6 Å². The zero-order chi connectivity index (χ0) is 15.6. The van der Waals surface area contributed by atoms with Crippen molar-refractivity contribution in [3.63, 3.8) is 0 Å². The van der Waals surface area contributed by atoms with Crippen LogP contribution in [0.15, 0.2) is 12.1 Å². The molecular weight excluding hydrogens is 260 g/mol. The van der Waals surface area contributed by atoms with Crippen LogP contribution in [0.5, 0.6) is 0 Å². The van der Waals surface area contributed by atoms with Crippen LogP contribution in [-0.4, -0.2) is 37.7 Å². The first-order chi connectivity index (χ1) is 9.97. The van der Waals surface area contributed by atoms with E-state index in [1.54, 1.807) is 0 Å². The Bertz CT molecular complexity index is 486. The van der Waals surface area contributed by atoms with E-state index in [0.717, 1.165) is 13.1 Å². The molecule has 1 aromatic rings. The van der Waals surface area contributed by atoms with Crippen molar-refractivity contribution >= 4 is 0 Å². The Morgan fingerprint density at radius 3 is 2.52 bits per heavy atom. The van der Waals surface area contributed by atoms with Crippen LogP contribution in [0, 0.1) is 26.7 Å². The molecule has 1 aromatic carbocycles. The summed E-state index contributed by atoms with van der Waals surface area (Å²) in [5, 5.41) is 0. The number of benzene rings is 1. The second kappa shape index (κ2) is 6.91. The van der Waals surface area contributed by atoms with Crippen molar-refractivity contribution in [2.45, 2.75) is 46.3 Å². The first-order valence-electron chi connectivity index (χ1n) is 8.02. The maximum atomic E-state index is 6.13. The summed E-state index contributed by atoms with van der Waals surface area (Å²) in [6.45, 7) is 11.6. The average Bonchev–Trinajstić information content (AvgIpc) is 2.46. The molecule has 0 aliphatic carbocycles. The van der Waals surface area contributed by atoms with E-state index in [2.05, 4.69) is 44.7 Å². The molecule has 3 unspecified atom stereocenters. The summed E-state index contributed by atoms with van der Waals surface area (Å²) in [6, 6.07) is 4.91. The molecule has 21 heavy (non-hydrogen) atoms. The molecule has 0 bridgehead atoms. The molecule has 0 saturated carbocycles. The number of methoxy groups -OCH3 is 1. The number of hydrogen-bond donors (Lipinski definition) is 1. The van der Waals surface area contributed by atoms with Gasteiger partial charge in [-0.2, -0.15) is 0 Å². The lowest BCUT2D eigenvalue weighted by atomic mass is 9.90. The molecule has 0 radical (unpaired) electrons. The molecule has 2 rings (SSSR count). The predicted octanol–water partition coefficient (Wildman–Crippen LogP) is 2.97. The van der Waals surface area contributed by atoms with E-state index in [0.29, 0.717) is 24.6 Å². The quantitative estimate of drug-likeness (QED) is 0.926. The lowest BCUT2D eigenvalue weighted by Crippen LogP contribution is -2.47. The van der Waals surface area contributed by atoms with Crippen molar-refractivity contribution in [1.29, 1.82) is 0 Å². The van der Waals surface area contributed by atoms with Crippen LogP contribution in [-0.2, 0) is 4.74 Å². The van der Waals surface area contributed by atoms with Crippen molar-refractivity contribution in [3.8, 4) is 0 Å². The van der Waals surface area contributed by atoms with Crippen molar-refractivity contribution in [3.05, 3.63) is 34.4 Å². The SMILES string of the molecule is COC1CN(C(CN)c2cc(C)c(C)cc2C)CCC1C. The summed E-state index contributed by atoms with van der Waals surface area (Å²) in [5.41, 5.74) is 11.6. The summed E-state index contributed by atoms with van der Waals surface area (Å²) < 4.78 is 5.65. The normalized spacial score (nSPS) is 25.0. The topological polar surface area (TPSA) is 38.5 Å². The molecule has 1 saturated heterocycles. The fraction of sp³-hybridized carbons (Fsp3) is 0.667. The Hall–Kier alpha value is -0.900. The van der Waals surface area contributed by atoms with Crippen LogP contribution in [0.3, 0.4) is 0 Å². The fourth-order valence-electron chi connectivity index (χ4n) is 3.46. The standard InChI is InChI=1S/C18H30N2O/c1-12-6-7-20(11-18(12)21-5)17(10-19)16-9-14(3)13(2)8-15(16)4/h8-9,12,17-18H,6-7,10-11,19H2,1-5H3. The highest BCUT2D eigenvalue weighted by Gasteiger charge is 2.31. The smallest absolute Gasteiger partial charge is 0.0724 e. The van der Waals surface area contributed by atoms with Gasteiger partial charge in [0.1, 0.15) is 0 Å². The Labute approximate surface area is 129 Å². The van der Waals surface area contributed by atoms with E-state index in [-0.39, 0.29) is 0 Å². The number of ether oxygens (including phenoxy) is 1. The van der Waals surface area contributed by atoms with E-state index >= 15 is 0 Å². The average molecular weight is 290 g/mol. The van der Waals surface area contributed by atoms with E-state index in [9.17, 15) is 0 Å². The fourth-order valence-corrected chi connectivity index (χ4v) is 3.46. The molecule has 2 N–H and O–H groups in total. The number of aryl methyl sites for hydroxylation is 3. The number of hydrogen-bond acceptors (Lipinski definition) is 3. The summed E-state index contributed by atoms with van der Waals surface area (Å²) in [6.07, 6.45) is 1.50. The van der Waals surface area contributed by atoms with Gasteiger partial charge in [-0.05, 0) is 61.9 Å².